The highest BCUT2D eigenvalue weighted by Crippen LogP contribution is 2.15. The Morgan fingerprint density at radius 1 is 1.35 bits per heavy atom. The summed E-state index contributed by atoms with van der Waals surface area (Å²) in [6, 6.07) is 6.35. The summed E-state index contributed by atoms with van der Waals surface area (Å²) in [6.07, 6.45) is 1.72. The van der Waals surface area contributed by atoms with Crippen molar-refractivity contribution in [3.63, 3.8) is 0 Å². The number of aliphatic hydroxyl groups is 1. The molecule has 0 radical (unpaired) electrons. The lowest BCUT2D eigenvalue weighted by Gasteiger charge is -2.06. The maximum absolute atomic E-state index is 10.6. The van der Waals surface area contributed by atoms with Crippen molar-refractivity contribution in [1.29, 1.82) is 0 Å². The first-order chi connectivity index (χ1) is 9.65. The summed E-state index contributed by atoms with van der Waals surface area (Å²) in [5, 5.41) is 27.8. The van der Waals surface area contributed by atoms with E-state index in [1.807, 2.05) is 6.92 Å². The average Bonchev–Trinajstić information content (AvgIpc) is 2.82. The van der Waals surface area contributed by atoms with Gasteiger partial charge in [0, 0.05) is 12.1 Å². The molecule has 2 aromatic rings. The quantitative estimate of drug-likeness (QED) is 0.640. The van der Waals surface area contributed by atoms with Crippen LogP contribution in [0.2, 0.25) is 0 Å². The molecule has 0 bridgehead atoms. The molecular weight excluding hydrogens is 260 g/mol. The van der Waals surface area contributed by atoms with Crippen molar-refractivity contribution < 1.29 is 10.0 Å². The summed E-state index contributed by atoms with van der Waals surface area (Å²) in [5.41, 5.74) is 2.47. The maximum Gasteiger partial charge on any atom is 0.269 e. The fourth-order valence-electron chi connectivity index (χ4n) is 2.02. The van der Waals surface area contributed by atoms with Crippen LogP contribution in [0, 0.1) is 10.1 Å². The Hall–Kier alpha value is -2.28. The second-order valence-electron chi connectivity index (χ2n) is 4.47. The van der Waals surface area contributed by atoms with Gasteiger partial charge in [-0.1, -0.05) is 30.7 Å². The van der Waals surface area contributed by atoms with Gasteiger partial charge in [0.15, 0.2) is 0 Å². The van der Waals surface area contributed by atoms with Crippen LogP contribution < -0.4 is 0 Å². The van der Waals surface area contributed by atoms with Crippen LogP contribution >= 0.6 is 0 Å². The molecule has 0 spiro atoms. The van der Waals surface area contributed by atoms with Crippen molar-refractivity contribution >= 4 is 5.69 Å². The van der Waals surface area contributed by atoms with Gasteiger partial charge < -0.3 is 5.11 Å². The monoisotopic (exact) mass is 276 g/mol. The minimum atomic E-state index is -0.425. The molecule has 1 N–H and O–H groups in total. The summed E-state index contributed by atoms with van der Waals surface area (Å²) in [7, 11) is 0. The average molecular weight is 276 g/mol. The molecule has 20 heavy (non-hydrogen) atoms. The molecule has 0 amide bonds. The number of hydrogen-bond donors (Lipinski definition) is 1. The van der Waals surface area contributed by atoms with Crippen LogP contribution in [0.15, 0.2) is 24.3 Å². The molecule has 0 aliphatic heterocycles. The zero-order valence-electron chi connectivity index (χ0n) is 11.2. The Balaban J connectivity index is 2.21. The molecule has 1 heterocycles. The van der Waals surface area contributed by atoms with Crippen molar-refractivity contribution in [2.75, 3.05) is 0 Å². The zero-order valence-corrected chi connectivity index (χ0v) is 11.2. The first kappa shape index (κ1) is 14.1. The largest absolute Gasteiger partial charge is 0.390 e. The molecule has 0 aliphatic carbocycles. The topological polar surface area (TPSA) is 94.1 Å². The van der Waals surface area contributed by atoms with Crippen LogP contribution in [0.5, 0.6) is 0 Å². The fraction of sp³-hybridized carbons (Fsp3) is 0.385. The molecule has 0 unspecified atom stereocenters. The predicted octanol–water partition coefficient (Wildman–Crippen LogP) is 1.68. The number of nitro benzene ring substituents is 1. The van der Waals surface area contributed by atoms with E-state index in [9.17, 15) is 15.2 Å². The molecule has 0 aliphatic rings. The molecule has 0 fully saturated rings. The molecule has 2 rings (SSSR count). The molecule has 0 saturated carbocycles. The van der Waals surface area contributed by atoms with Crippen LogP contribution in [-0.2, 0) is 19.6 Å². The van der Waals surface area contributed by atoms with Gasteiger partial charge in [-0.25, -0.2) is 4.68 Å². The van der Waals surface area contributed by atoms with Crippen molar-refractivity contribution in [2.45, 2.75) is 32.9 Å². The van der Waals surface area contributed by atoms with Gasteiger partial charge in [0.05, 0.1) is 23.8 Å². The van der Waals surface area contributed by atoms with Crippen molar-refractivity contribution in [2.24, 2.45) is 0 Å². The van der Waals surface area contributed by atoms with E-state index < -0.39 is 4.92 Å². The third-order valence-electron chi connectivity index (χ3n) is 3.03. The Labute approximate surface area is 116 Å². The van der Waals surface area contributed by atoms with Crippen LogP contribution in [-0.4, -0.2) is 25.0 Å². The first-order valence-corrected chi connectivity index (χ1v) is 6.41. The highest BCUT2D eigenvalue weighted by molar-refractivity contribution is 5.33. The fourth-order valence-corrected chi connectivity index (χ4v) is 2.02. The van der Waals surface area contributed by atoms with Crippen molar-refractivity contribution in [3.05, 3.63) is 51.3 Å². The summed E-state index contributed by atoms with van der Waals surface area (Å²) in [5.74, 6) is 0. The van der Waals surface area contributed by atoms with Gasteiger partial charge in [-0.05, 0) is 12.0 Å². The second kappa shape index (κ2) is 6.25. The maximum atomic E-state index is 10.6. The number of aliphatic hydroxyl groups excluding tert-OH is 1. The molecule has 106 valence electrons. The van der Waals surface area contributed by atoms with E-state index in [4.69, 9.17) is 0 Å². The summed E-state index contributed by atoms with van der Waals surface area (Å²) in [4.78, 5) is 10.2. The van der Waals surface area contributed by atoms with E-state index in [0.717, 1.165) is 24.1 Å². The van der Waals surface area contributed by atoms with Crippen molar-refractivity contribution in [3.8, 4) is 0 Å². The number of non-ortho nitro benzene ring substituents is 1. The molecule has 7 nitrogen and oxygen atoms in total. The van der Waals surface area contributed by atoms with Gasteiger partial charge in [-0.15, -0.1) is 5.10 Å². The van der Waals surface area contributed by atoms with Crippen LogP contribution in [0.1, 0.15) is 30.3 Å². The third kappa shape index (κ3) is 3.00. The van der Waals surface area contributed by atoms with Crippen LogP contribution in [0.4, 0.5) is 5.69 Å². The van der Waals surface area contributed by atoms with Crippen LogP contribution in [0.25, 0.3) is 0 Å². The van der Waals surface area contributed by atoms with Gasteiger partial charge in [-0.3, -0.25) is 10.1 Å². The highest BCUT2D eigenvalue weighted by Gasteiger charge is 2.12. The van der Waals surface area contributed by atoms with E-state index in [0.29, 0.717) is 12.2 Å². The van der Waals surface area contributed by atoms with Gasteiger partial charge in [0.2, 0.25) is 0 Å². The van der Waals surface area contributed by atoms with Gasteiger partial charge in [0.25, 0.3) is 5.69 Å². The number of hydrogen-bond acceptors (Lipinski definition) is 5. The van der Waals surface area contributed by atoms with Gasteiger partial charge in [0.1, 0.15) is 5.69 Å². The predicted molar refractivity (Wildman–Crippen MR) is 72.1 cm³/mol. The molecule has 7 heteroatoms. The number of nitrogens with zero attached hydrogens (tertiary/aromatic N) is 4. The Kier molecular flexibility index (Phi) is 4.41. The van der Waals surface area contributed by atoms with E-state index in [1.165, 1.54) is 12.1 Å². The number of nitro groups is 1. The first-order valence-electron chi connectivity index (χ1n) is 6.41. The molecule has 0 atom stereocenters. The van der Waals surface area contributed by atoms with Crippen molar-refractivity contribution in [1.82, 2.24) is 15.0 Å². The molecule has 1 aromatic heterocycles. The Morgan fingerprint density at radius 3 is 2.60 bits per heavy atom. The Morgan fingerprint density at radius 2 is 2.05 bits per heavy atom. The summed E-state index contributed by atoms with van der Waals surface area (Å²) >= 11 is 0. The normalized spacial score (nSPS) is 10.7. The van der Waals surface area contributed by atoms with E-state index in [2.05, 4.69) is 10.3 Å². The minimum absolute atomic E-state index is 0.0668. The second-order valence-corrected chi connectivity index (χ2v) is 4.47. The molecular formula is C13H16N4O3. The summed E-state index contributed by atoms with van der Waals surface area (Å²) < 4.78 is 1.73. The highest BCUT2D eigenvalue weighted by atomic mass is 16.6. The van der Waals surface area contributed by atoms with E-state index in [1.54, 1.807) is 16.8 Å². The SMILES string of the molecule is CCCc1c(CO)nnn1Cc1ccc([N+](=O)[O-])cc1. The minimum Gasteiger partial charge on any atom is -0.390 e. The number of aromatic nitrogens is 3. The lowest BCUT2D eigenvalue weighted by molar-refractivity contribution is -0.384. The molecule has 1 aromatic carbocycles. The van der Waals surface area contributed by atoms with E-state index >= 15 is 0 Å². The smallest absolute Gasteiger partial charge is 0.269 e. The van der Waals surface area contributed by atoms with Gasteiger partial charge in [-0.2, -0.15) is 0 Å². The summed E-state index contributed by atoms with van der Waals surface area (Å²) in [6.45, 7) is 2.40. The van der Waals surface area contributed by atoms with Gasteiger partial charge >= 0.3 is 0 Å². The van der Waals surface area contributed by atoms with E-state index in [-0.39, 0.29) is 12.3 Å². The number of rotatable bonds is 6. The zero-order chi connectivity index (χ0) is 14.5. The lowest BCUT2D eigenvalue weighted by atomic mass is 10.2. The lowest BCUT2D eigenvalue weighted by Crippen LogP contribution is -2.07. The standard InChI is InChI=1S/C13H16N4O3/c1-2-3-13-12(9-18)14-15-16(13)8-10-4-6-11(7-5-10)17(19)20/h4-7,18H,2-3,8-9H2,1H3. The third-order valence-corrected chi connectivity index (χ3v) is 3.03. The van der Waals surface area contributed by atoms with Crippen LogP contribution in [0.3, 0.4) is 0 Å². The molecule has 0 saturated heterocycles. The Bertz CT molecular complexity index is 592. The number of benzene rings is 1.